The SMILES string of the molecule is C[C@@H]1[C@H]2CC[C@@H]3[C@H]4CC(C)(C)CC[C@]4(C)CC[C@@]3(C)[C@]2(C)CC[C@]12CC[C@H](C)[C@H]2C. The lowest BCUT2D eigenvalue weighted by Gasteiger charge is -2.71. The van der Waals surface area contributed by atoms with Crippen LogP contribution in [0.3, 0.4) is 0 Å². The minimum Gasteiger partial charge on any atom is -0.0622 e. The summed E-state index contributed by atoms with van der Waals surface area (Å²) in [4.78, 5) is 0. The van der Waals surface area contributed by atoms with Crippen LogP contribution in [0.4, 0.5) is 0 Å². The highest BCUT2D eigenvalue weighted by molar-refractivity contribution is 5.16. The van der Waals surface area contributed by atoms with Gasteiger partial charge in [0, 0.05) is 0 Å². The largest absolute Gasteiger partial charge is 0.0622 e. The quantitative estimate of drug-likeness (QED) is 0.372. The van der Waals surface area contributed by atoms with Gasteiger partial charge in [-0.15, -0.1) is 0 Å². The van der Waals surface area contributed by atoms with E-state index in [4.69, 9.17) is 0 Å². The minimum absolute atomic E-state index is 0.569. The number of hydrogen-bond acceptors (Lipinski definition) is 0. The van der Waals surface area contributed by atoms with Gasteiger partial charge in [-0.1, -0.05) is 55.4 Å². The third-order valence-electron chi connectivity index (χ3n) is 13.9. The van der Waals surface area contributed by atoms with E-state index in [9.17, 15) is 0 Å². The van der Waals surface area contributed by atoms with Gasteiger partial charge in [0.1, 0.15) is 0 Å². The molecule has 0 saturated heterocycles. The first-order valence-corrected chi connectivity index (χ1v) is 13.9. The molecule has 0 bridgehead atoms. The molecule has 30 heavy (non-hydrogen) atoms. The molecule has 0 heteroatoms. The van der Waals surface area contributed by atoms with E-state index in [1.807, 2.05) is 0 Å². The molecule has 10 atom stereocenters. The average Bonchev–Trinajstić information content (AvgIpc) is 2.97. The predicted octanol–water partition coefficient (Wildman–Crippen LogP) is 9.13. The van der Waals surface area contributed by atoms with Crippen molar-refractivity contribution in [2.24, 2.45) is 62.6 Å². The van der Waals surface area contributed by atoms with Crippen molar-refractivity contribution in [2.45, 2.75) is 126 Å². The van der Waals surface area contributed by atoms with Crippen LogP contribution in [0.1, 0.15) is 126 Å². The summed E-state index contributed by atoms with van der Waals surface area (Å²) in [5.74, 6) is 5.76. The Balaban J connectivity index is 1.48. The molecule has 0 amide bonds. The van der Waals surface area contributed by atoms with Crippen molar-refractivity contribution < 1.29 is 0 Å². The number of rotatable bonds is 0. The Kier molecular flexibility index (Phi) is 4.75. The van der Waals surface area contributed by atoms with E-state index in [0.717, 1.165) is 35.5 Å². The van der Waals surface area contributed by atoms with Crippen molar-refractivity contribution in [3.63, 3.8) is 0 Å². The number of fused-ring (bicyclic) bond motifs is 5. The van der Waals surface area contributed by atoms with E-state index in [2.05, 4.69) is 55.4 Å². The molecule has 5 aliphatic rings. The van der Waals surface area contributed by atoms with Gasteiger partial charge in [-0.2, -0.15) is 0 Å². The number of hydrogen-bond donors (Lipinski definition) is 0. The van der Waals surface area contributed by atoms with Crippen molar-refractivity contribution in [3.8, 4) is 0 Å². The Morgan fingerprint density at radius 3 is 1.80 bits per heavy atom. The van der Waals surface area contributed by atoms with Gasteiger partial charge in [0.05, 0.1) is 0 Å². The minimum atomic E-state index is 0.569. The van der Waals surface area contributed by atoms with Gasteiger partial charge in [0.15, 0.2) is 0 Å². The fourth-order valence-electron chi connectivity index (χ4n) is 11.1. The summed E-state index contributed by atoms with van der Waals surface area (Å²) in [7, 11) is 0. The van der Waals surface area contributed by atoms with Gasteiger partial charge < -0.3 is 0 Å². The highest BCUT2D eigenvalue weighted by Crippen LogP contribution is 2.75. The van der Waals surface area contributed by atoms with Crippen LogP contribution in [-0.2, 0) is 0 Å². The zero-order chi connectivity index (χ0) is 21.7. The molecule has 0 heterocycles. The Morgan fingerprint density at radius 2 is 1.13 bits per heavy atom. The molecule has 5 rings (SSSR count). The van der Waals surface area contributed by atoms with E-state index in [1.165, 1.54) is 70.6 Å². The fraction of sp³-hybridized carbons (Fsp3) is 1.00. The second-order valence-electron chi connectivity index (χ2n) is 15.1. The summed E-state index contributed by atoms with van der Waals surface area (Å²) in [5, 5.41) is 0. The van der Waals surface area contributed by atoms with Crippen LogP contribution in [0.2, 0.25) is 0 Å². The van der Waals surface area contributed by atoms with Crippen molar-refractivity contribution in [1.82, 2.24) is 0 Å². The van der Waals surface area contributed by atoms with Gasteiger partial charge in [0.2, 0.25) is 0 Å². The first kappa shape index (κ1) is 21.8. The molecule has 5 fully saturated rings. The Labute approximate surface area is 188 Å². The molecule has 5 aliphatic carbocycles. The standard InChI is InChI=1S/C30H52/c1-20-11-12-30(21(20)2)18-17-28(7)23(22(30)3)9-10-24-25-19-26(4,5)13-14-27(25,6)15-16-29(24,28)8/h20-25H,9-19H2,1-8H3/t20-,21+,22+,23+,24+,25+,27+,28+,29+,30-/m0/s1. The molecule has 0 aromatic rings. The molecule has 0 unspecified atom stereocenters. The summed E-state index contributed by atoms with van der Waals surface area (Å²) in [6.07, 6.45) is 16.6. The third-order valence-corrected chi connectivity index (χ3v) is 13.9. The highest BCUT2D eigenvalue weighted by Gasteiger charge is 2.67. The normalized spacial score (nSPS) is 60.0. The van der Waals surface area contributed by atoms with Crippen LogP contribution in [-0.4, -0.2) is 0 Å². The first-order chi connectivity index (χ1) is 13.9. The summed E-state index contributed by atoms with van der Waals surface area (Å²) in [6.45, 7) is 21.3. The zero-order valence-electron chi connectivity index (χ0n) is 21.7. The molecule has 0 nitrogen and oxygen atoms in total. The predicted molar refractivity (Wildman–Crippen MR) is 129 cm³/mol. The van der Waals surface area contributed by atoms with Crippen LogP contribution in [0, 0.1) is 62.6 Å². The second-order valence-corrected chi connectivity index (χ2v) is 15.1. The van der Waals surface area contributed by atoms with Gasteiger partial charge in [-0.3, -0.25) is 0 Å². The molecule has 0 N–H and O–H groups in total. The van der Waals surface area contributed by atoms with Crippen LogP contribution in [0.25, 0.3) is 0 Å². The molecule has 0 aromatic carbocycles. The average molecular weight is 413 g/mol. The smallest absolute Gasteiger partial charge is 0.0238 e. The molecule has 5 saturated carbocycles. The maximum absolute atomic E-state index is 2.80. The van der Waals surface area contributed by atoms with Crippen LogP contribution in [0.5, 0.6) is 0 Å². The van der Waals surface area contributed by atoms with Gasteiger partial charge in [-0.25, -0.2) is 0 Å². The van der Waals surface area contributed by atoms with Crippen LogP contribution >= 0.6 is 0 Å². The summed E-state index contributed by atoms with van der Waals surface area (Å²) >= 11 is 0. The Morgan fingerprint density at radius 1 is 0.533 bits per heavy atom. The summed E-state index contributed by atoms with van der Waals surface area (Å²) in [6, 6.07) is 0. The van der Waals surface area contributed by atoms with E-state index in [-0.39, 0.29) is 0 Å². The maximum Gasteiger partial charge on any atom is -0.0238 e. The summed E-state index contributed by atoms with van der Waals surface area (Å²) < 4.78 is 0. The van der Waals surface area contributed by atoms with E-state index in [1.54, 1.807) is 0 Å². The molecule has 1 spiro atoms. The van der Waals surface area contributed by atoms with Crippen molar-refractivity contribution in [3.05, 3.63) is 0 Å². The topological polar surface area (TPSA) is 0 Å². The third kappa shape index (κ3) is 2.64. The highest BCUT2D eigenvalue weighted by atomic mass is 14.7. The zero-order valence-corrected chi connectivity index (χ0v) is 21.7. The molecular formula is C30H52. The monoisotopic (exact) mass is 412 g/mol. The maximum atomic E-state index is 2.80. The second kappa shape index (κ2) is 6.53. The van der Waals surface area contributed by atoms with E-state index >= 15 is 0 Å². The lowest BCUT2D eigenvalue weighted by atomic mass is 9.34. The molecule has 0 aliphatic heterocycles. The van der Waals surface area contributed by atoms with Crippen LogP contribution < -0.4 is 0 Å². The molecule has 0 radical (unpaired) electrons. The molecule has 172 valence electrons. The molecular weight excluding hydrogens is 360 g/mol. The van der Waals surface area contributed by atoms with Crippen molar-refractivity contribution in [2.75, 3.05) is 0 Å². The van der Waals surface area contributed by atoms with Crippen molar-refractivity contribution >= 4 is 0 Å². The summed E-state index contributed by atoms with van der Waals surface area (Å²) in [5.41, 5.74) is 3.04. The Hall–Kier alpha value is 0. The molecule has 0 aromatic heterocycles. The van der Waals surface area contributed by atoms with Crippen LogP contribution in [0.15, 0.2) is 0 Å². The van der Waals surface area contributed by atoms with E-state index in [0.29, 0.717) is 27.1 Å². The first-order valence-electron chi connectivity index (χ1n) is 13.9. The van der Waals surface area contributed by atoms with Crippen molar-refractivity contribution in [1.29, 1.82) is 0 Å². The van der Waals surface area contributed by atoms with E-state index < -0.39 is 0 Å². The van der Waals surface area contributed by atoms with Gasteiger partial charge >= 0.3 is 0 Å². The lowest BCUT2D eigenvalue weighted by Crippen LogP contribution is -2.63. The Bertz CT molecular complexity index is 690. The lowest BCUT2D eigenvalue weighted by molar-refractivity contribution is -0.222. The fourth-order valence-corrected chi connectivity index (χ4v) is 11.1. The van der Waals surface area contributed by atoms with Gasteiger partial charge in [-0.05, 0) is 133 Å². The van der Waals surface area contributed by atoms with Gasteiger partial charge in [0.25, 0.3) is 0 Å².